The molecule has 0 aliphatic carbocycles. The van der Waals surface area contributed by atoms with Gasteiger partial charge in [-0.25, -0.2) is 17.3 Å². The van der Waals surface area contributed by atoms with E-state index in [2.05, 4.69) is 81.8 Å². The van der Waals surface area contributed by atoms with Crippen LogP contribution in [0.4, 0.5) is 11.4 Å². The standard InChI is InChI=1S/C64H81N9O9S2/c1-8-70(43-45-22-15-14-16-23-45)36-37-73(13-6)63(76)57(38-47-42-65-55-26-18-17-25-51(47)55)68-62(75)56(67-61(74)46-24-21-35-69(7)44-46)27-19-20-34-66-83(77,78)50-30-33-54-60(41-50)84(79,80)82-64(54)52-31-28-48(71(9-2)10-3)39-58(52)81-59-40-49(29-32-53(59)64)72(11-4)12-5/h14-18,22-26,28-33,39-42,56-57,65-66H,8-13,19-21,27,34-38,43-44H2,1-7H3,(H,67,74)(H,68,75). The third kappa shape index (κ3) is 13.2. The van der Waals surface area contributed by atoms with E-state index in [4.69, 9.17) is 8.92 Å². The number of carbonyl (C=O) groups is 3. The van der Waals surface area contributed by atoms with Crippen molar-refractivity contribution in [1.29, 1.82) is 0 Å². The molecule has 0 radical (unpaired) electrons. The molecule has 0 bridgehead atoms. The largest absolute Gasteiger partial charge is 0.456 e. The van der Waals surface area contributed by atoms with Gasteiger partial charge in [-0.1, -0.05) is 67.6 Å². The molecule has 84 heavy (non-hydrogen) atoms. The molecule has 6 aromatic rings. The molecule has 0 saturated carbocycles. The highest BCUT2D eigenvalue weighted by atomic mass is 32.2. The molecule has 20 heteroatoms. The molecule has 3 amide bonds. The van der Waals surface area contributed by atoms with Gasteiger partial charge >= 0.3 is 0 Å². The van der Waals surface area contributed by atoms with Crippen molar-refractivity contribution in [2.75, 3.05) is 88.8 Å². The molecule has 2 unspecified atom stereocenters. The number of hydrogen-bond donors (Lipinski definition) is 4. The smallest absolute Gasteiger partial charge is 0.298 e. The maximum absolute atomic E-state index is 14.8. The van der Waals surface area contributed by atoms with Crippen molar-refractivity contribution in [3.63, 3.8) is 0 Å². The first kappa shape index (κ1) is 61.5. The van der Waals surface area contributed by atoms with Crippen LogP contribution >= 0.6 is 0 Å². The molecule has 1 spiro atoms. The van der Waals surface area contributed by atoms with E-state index in [1.807, 2.05) is 110 Å². The van der Waals surface area contributed by atoms with Gasteiger partial charge in [-0.3, -0.25) is 19.3 Å². The number of hydrogen-bond acceptors (Lipinski definition) is 13. The number of rotatable bonds is 27. The molecule has 4 heterocycles. The average molecular weight is 1180 g/mol. The number of likely N-dealkylation sites (N-methyl/N-ethyl adjacent to an activating group) is 3. The van der Waals surface area contributed by atoms with Crippen LogP contribution in [0.25, 0.3) is 10.9 Å². The Morgan fingerprint density at radius 1 is 0.738 bits per heavy atom. The Bertz CT molecular complexity index is 3520. The maximum atomic E-state index is 14.8. The molecule has 448 valence electrons. The minimum absolute atomic E-state index is 0.0706. The Labute approximate surface area is 495 Å². The van der Waals surface area contributed by atoms with Gasteiger partial charge in [-0.2, -0.15) is 8.42 Å². The zero-order chi connectivity index (χ0) is 59.8. The number of aromatic nitrogens is 1. The lowest BCUT2D eigenvalue weighted by Crippen LogP contribution is -2.56. The zero-order valence-electron chi connectivity index (χ0n) is 49.4. The molecule has 5 aromatic carbocycles. The molecule has 3 aliphatic heterocycles. The molecule has 0 fully saturated rings. The summed E-state index contributed by atoms with van der Waals surface area (Å²) in [4.78, 5) is 56.7. The summed E-state index contributed by atoms with van der Waals surface area (Å²) < 4.78 is 72.7. The number of anilines is 2. The second kappa shape index (κ2) is 26.9. The van der Waals surface area contributed by atoms with Gasteiger partial charge in [0.05, 0.1) is 4.90 Å². The van der Waals surface area contributed by atoms with E-state index >= 15 is 0 Å². The number of aromatic amines is 1. The van der Waals surface area contributed by atoms with Crippen molar-refractivity contribution in [1.82, 2.24) is 35.0 Å². The predicted octanol–water partition coefficient (Wildman–Crippen LogP) is 8.27. The van der Waals surface area contributed by atoms with Crippen molar-refractivity contribution < 1.29 is 40.1 Å². The van der Waals surface area contributed by atoms with Gasteiger partial charge in [0.25, 0.3) is 10.1 Å². The summed E-state index contributed by atoms with van der Waals surface area (Å²) in [6, 6.07) is 31.2. The van der Waals surface area contributed by atoms with Crippen molar-refractivity contribution >= 4 is 60.1 Å². The van der Waals surface area contributed by atoms with Gasteiger partial charge in [0.2, 0.25) is 27.7 Å². The Morgan fingerprint density at radius 2 is 1.39 bits per heavy atom. The summed E-state index contributed by atoms with van der Waals surface area (Å²) in [6.45, 7) is 19.2. The van der Waals surface area contributed by atoms with Gasteiger partial charge in [0.15, 0.2) is 5.60 Å². The fourth-order valence-electron chi connectivity index (χ4n) is 11.8. The number of sulfonamides is 1. The van der Waals surface area contributed by atoms with Crippen LogP contribution in [0.3, 0.4) is 0 Å². The second-order valence-electron chi connectivity index (χ2n) is 21.8. The molecule has 9 rings (SSSR count). The molecule has 4 N–H and O–H groups in total. The van der Waals surface area contributed by atoms with Gasteiger partial charge in [-0.15, -0.1) is 0 Å². The number of amides is 3. The number of para-hydroxylation sites is 1. The highest BCUT2D eigenvalue weighted by Crippen LogP contribution is 2.59. The fraction of sp³-hybridized carbons (Fsp3) is 0.422. The van der Waals surface area contributed by atoms with Crippen molar-refractivity contribution in [2.45, 2.75) is 108 Å². The summed E-state index contributed by atoms with van der Waals surface area (Å²) >= 11 is 0. The topological polar surface area (TPSA) is 206 Å². The number of carbonyl (C=O) groups excluding carboxylic acids is 3. The highest BCUT2D eigenvalue weighted by Gasteiger charge is 2.56. The summed E-state index contributed by atoms with van der Waals surface area (Å²) in [5, 5.41) is 6.98. The van der Waals surface area contributed by atoms with Crippen LogP contribution < -0.4 is 29.9 Å². The Hall–Kier alpha value is -7.07. The minimum Gasteiger partial charge on any atom is -0.456 e. The molecular weight excluding hydrogens is 1100 g/mol. The quantitative estimate of drug-likeness (QED) is 0.0284. The first-order chi connectivity index (χ1) is 40.5. The number of benzene rings is 5. The SMILES string of the molecule is CCN(CCN(CC)C(=O)C(Cc1c[nH]c2ccccc12)NC(=O)C(CCCCNS(=O)(=O)c1ccc2c(c1)S(=O)(=O)OC21c2ccc(N(CC)CC)cc2Oc2cc(N(CC)CC)ccc21)NC(=O)C1=CCCN(C)C1)Cc1ccccc1. The number of unbranched alkanes of at least 4 members (excludes halogenated alkanes) is 1. The van der Waals surface area contributed by atoms with Crippen molar-refractivity contribution in [2.24, 2.45) is 0 Å². The normalized spacial score (nSPS) is 15.8. The van der Waals surface area contributed by atoms with Crippen LogP contribution in [0.1, 0.15) is 95.0 Å². The first-order valence-corrected chi connectivity index (χ1v) is 32.5. The van der Waals surface area contributed by atoms with Gasteiger partial charge in [-0.05, 0) is 127 Å². The lowest BCUT2D eigenvalue weighted by Gasteiger charge is -2.37. The summed E-state index contributed by atoms with van der Waals surface area (Å²) in [6.07, 6.45) is 5.25. The second-order valence-corrected chi connectivity index (χ2v) is 25.0. The molecular formula is C64H81N9O9S2. The fourth-order valence-corrected chi connectivity index (χ4v) is 14.5. The molecule has 2 atom stereocenters. The van der Waals surface area contributed by atoms with Crippen LogP contribution in [-0.4, -0.2) is 145 Å². The van der Waals surface area contributed by atoms with Crippen molar-refractivity contribution in [3.05, 3.63) is 155 Å². The van der Waals surface area contributed by atoms with Crippen molar-refractivity contribution in [3.8, 4) is 11.5 Å². The van der Waals surface area contributed by atoms with Gasteiger partial charge < -0.3 is 40.0 Å². The van der Waals surface area contributed by atoms with Crippen LogP contribution in [0.15, 0.2) is 137 Å². The summed E-state index contributed by atoms with van der Waals surface area (Å²) in [5.41, 5.74) is 4.74. The molecule has 3 aliphatic rings. The van der Waals surface area contributed by atoms with E-state index in [0.29, 0.717) is 60.8 Å². The van der Waals surface area contributed by atoms with Crippen LogP contribution in [-0.2, 0) is 57.3 Å². The van der Waals surface area contributed by atoms with E-state index in [9.17, 15) is 31.2 Å². The third-order valence-electron chi connectivity index (χ3n) is 16.6. The van der Waals surface area contributed by atoms with E-state index in [-0.39, 0.29) is 53.5 Å². The Kier molecular flexibility index (Phi) is 19.7. The monoisotopic (exact) mass is 1180 g/mol. The maximum Gasteiger partial charge on any atom is 0.298 e. The number of ether oxygens (including phenoxy) is 1. The van der Waals surface area contributed by atoms with Gasteiger partial charge in [0, 0.05) is 141 Å². The molecule has 1 aromatic heterocycles. The lowest BCUT2D eigenvalue weighted by atomic mass is 9.78. The van der Waals surface area contributed by atoms with E-state index in [0.717, 1.165) is 79.7 Å². The van der Waals surface area contributed by atoms with Crippen LogP contribution in [0.2, 0.25) is 0 Å². The average Bonchev–Trinajstić information content (AvgIpc) is 1.56. The lowest BCUT2D eigenvalue weighted by molar-refractivity contribution is -0.137. The Morgan fingerprint density at radius 3 is 2.04 bits per heavy atom. The number of H-pyrrole nitrogens is 1. The van der Waals surface area contributed by atoms with Crippen LogP contribution in [0, 0.1) is 0 Å². The molecule has 0 saturated heterocycles. The minimum atomic E-state index is -4.56. The number of fused-ring (bicyclic) bond motifs is 7. The van der Waals surface area contributed by atoms with E-state index in [1.54, 1.807) is 4.90 Å². The van der Waals surface area contributed by atoms with Crippen LogP contribution in [0.5, 0.6) is 11.5 Å². The molecule has 18 nitrogen and oxygen atoms in total. The third-order valence-corrected chi connectivity index (χ3v) is 19.4. The summed E-state index contributed by atoms with van der Waals surface area (Å²) in [5.74, 6) is -0.331. The first-order valence-electron chi connectivity index (χ1n) is 29.6. The summed E-state index contributed by atoms with van der Waals surface area (Å²) in [7, 11) is -6.95. The van der Waals surface area contributed by atoms with E-state index in [1.165, 1.54) is 17.7 Å². The number of nitrogens with zero attached hydrogens (tertiary/aromatic N) is 5. The highest BCUT2D eigenvalue weighted by molar-refractivity contribution is 7.89. The Balaban J connectivity index is 0.934. The van der Waals surface area contributed by atoms with E-state index < -0.39 is 49.6 Å². The van der Waals surface area contributed by atoms with Gasteiger partial charge in [0.1, 0.15) is 28.5 Å². The zero-order valence-corrected chi connectivity index (χ0v) is 51.1. The predicted molar refractivity (Wildman–Crippen MR) is 329 cm³/mol. The number of nitrogens with one attached hydrogen (secondary N) is 4.